The molecule has 2 aliphatic heterocycles. The zero-order chi connectivity index (χ0) is 20.1. The molecule has 2 bridgehead atoms. The first-order valence-electron chi connectivity index (χ1n) is 9.76. The molecule has 150 valence electrons. The first-order valence-corrected chi connectivity index (χ1v) is 9.76. The van der Waals surface area contributed by atoms with Gasteiger partial charge in [-0.1, -0.05) is 0 Å². The Bertz CT molecular complexity index is 902. The maximum atomic E-state index is 12.6. The van der Waals surface area contributed by atoms with E-state index in [2.05, 4.69) is 15.3 Å². The van der Waals surface area contributed by atoms with Gasteiger partial charge in [-0.05, 0) is 52.5 Å². The van der Waals surface area contributed by atoms with Crippen LogP contribution in [0.4, 0.5) is 10.5 Å². The van der Waals surface area contributed by atoms with Crippen LogP contribution < -0.4 is 11.1 Å². The van der Waals surface area contributed by atoms with Gasteiger partial charge in [-0.15, -0.1) is 0 Å². The summed E-state index contributed by atoms with van der Waals surface area (Å²) in [5.41, 5.74) is 6.88. The summed E-state index contributed by atoms with van der Waals surface area (Å²) in [5, 5.41) is 4.37. The van der Waals surface area contributed by atoms with Crippen LogP contribution in [0.25, 0.3) is 11.0 Å². The van der Waals surface area contributed by atoms with E-state index in [1.54, 1.807) is 6.20 Å². The summed E-state index contributed by atoms with van der Waals surface area (Å²) in [7, 11) is 0. The SMILES string of the molecule is CC(C)(C)OC(=O)N1[C@@H]2CC[C@H]1C[C@@H](Nc1c(C(N)=O)cnc3[nH]ccc13)C2. The molecular formula is C20H27N5O3. The molecule has 2 aliphatic rings. The average Bonchev–Trinajstić information content (AvgIpc) is 3.16. The summed E-state index contributed by atoms with van der Waals surface area (Å²) in [4.78, 5) is 33.8. The number of hydrogen-bond acceptors (Lipinski definition) is 5. The molecule has 0 aromatic carbocycles. The summed E-state index contributed by atoms with van der Waals surface area (Å²) in [6, 6.07) is 2.33. The van der Waals surface area contributed by atoms with E-state index in [1.165, 1.54) is 6.20 Å². The van der Waals surface area contributed by atoms with Gasteiger partial charge in [0.1, 0.15) is 11.2 Å². The molecule has 0 unspecified atom stereocenters. The number of carbonyl (C=O) groups excluding carboxylic acids is 2. The number of carbonyl (C=O) groups is 2. The Morgan fingerprint density at radius 1 is 1.29 bits per heavy atom. The number of nitrogens with two attached hydrogens (primary N) is 1. The zero-order valence-electron chi connectivity index (χ0n) is 16.5. The van der Waals surface area contributed by atoms with Crippen molar-refractivity contribution in [3.05, 3.63) is 24.0 Å². The van der Waals surface area contributed by atoms with Crippen molar-refractivity contribution in [3.63, 3.8) is 0 Å². The first kappa shape index (κ1) is 18.6. The van der Waals surface area contributed by atoms with Gasteiger partial charge in [-0.25, -0.2) is 9.78 Å². The Kier molecular flexibility index (Phi) is 4.44. The normalized spacial score (nSPS) is 24.4. The van der Waals surface area contributed by atoms with Crippen LogP contribution in [-0.2, 0) is 4.74 Å². The second kappa shape index (κ2) is 6.68. The van der Waals surface area contributed by atoms with E-state index in [1.807, 2.05) is 31.7 Å². The van der Waals surface area contributed by atoms with Gasteiger partial charge in [0.05, 0.1) is 11.3 Å². The number of fused-ring (bicyclic) bond motifs is 3. The number of aromatic nitrogens is 2. The van der Waals surface area contributed by atoms with Crippen LogP contribution in [0, 0.1) is 0 Å². The molecule has 2 saturated heterocycles. The average molecular weight is 385 g/mol. The van der Waals surface area contributed by atoms with Gasteiger partial charge in [0.25, 0.3) is 5.91 Å². The molecule has 2 aromatic rings. The van der Waals surface area contributed by atoms with E-state index in [9.17, 15) is 9.59 Å². The van der Waals surface area contributed by atoms with Crippen LogP contribution in [0.5, 0.6) is 0 Å². The van der Waals surface area contributed by atoms with Crippen LogP contribution >= 0.6 is 0 Å². The van der Waals surface area contributed by atoms with E-state index in [0.717, 1.165) is 31.1 Å². The highest BCUT2D eigenvalue weighted by Gasteiger charge is 2.45. The summed E-state index contributed by atoms with van der Waals surface area (Å²) >= 11 is 0. The monoisotopic (exact) mass is 385 g/mol. The molecule has 2 amide bonds. The van der Waals surface area contributed by atoms with Gasteiger partial charge in [0, 0.05) is 35.9 Å². The smallest absolute Gasteiger partial charge is 0.410 e. The molecule has 2 aromatic heterocycles. The van der Waals surface area contributed by atoms with Crippen LogP contribution in [0.2, 0.25) is 0 Å². The minimum absolute atomic E-state index is 0.145. The number of piperidine rings is 1. The second-order valence-electron chi connectivity index (χ2n) is 8.74. The van der Waals surface area contributed by atoms with Gasteiger partial charge in [0.15, 0.2) is 0 Å². The first-order chi connectivity index (χ1) is 13.2. The fourth-order valence-electron chi connectivity index (χ4n) is 4.46. The Balaban J connectivity index is 1.54. The molecular weight excluding hydrogens is 358 g/mol. The maximum Gasteiger partial charge on any atom is 0.410 e. The van der Waals surface area contributed by atoms with Crippen molar-refractivity contribution in [3.8, 4) is 0 Å². The van der Waals surface area contributed by atoms with Gasteiger partial charge >= 0.3 is 6.09 Å². The number of aromatic amines is 1. The lowest BCUT2D eigenvalue weighted by atomic mass is 9.96. The Labute approximate surface area is 163 Å². The lowest BCUT2D eigenvalue weighted by Gasteiger charge is -2.40. The molecule has 0 aliphatic carbocycles. The van der Waals surface area contributed by atoms with E-state index in [4.69, 9.17) is 10.5 Å². The topological polar surface area (TPSA) is 113 Å². The number of amides is 2. The van der Waals surface area contributed by atoms with E-state index < -0.39 is 11.5 Å². The Morgan fingerprint density at radius 2 is 1.96 bits per heavy atom. The summed E-state index contributed by atoms with van der Waals surface area (Å²) in [6.07, 6.45) is 6.63. The minimum atomic E-state index is -0.507. The summed E-state index contributed by atoms with van der Waals surface area (Å²) in [5.74, 6) is -0.507. The van der Waals surface area contributed by atoms with Crippen molar-refractivity contribution in [2.75, 3.05) is 5.32 Å². The molecule has 2 fully saturated rings. The standard InChI is InChI=1S/C20H27N5O3/c1-20(2,3)28-19(27)25-12-4-5-13(25)9-11(8-12)24-16-14-6-7-22-18(14)23-10-15(16)17(21)26/h6-7,10-13H,4-5,8-9H2,1-3H3,(H2,21,26)(H2,22,23,24)/t11-,12+,13-. The summed E-state index contributed by atoms with van der Waals surface area (Å²) < 4.78 is 5.60. The number of hydrogen-bond donors (Lipinski definition) is 3. The number of ether oxygens (including phenoxy) is 1. The number of anilines is 1. The van der Waals surface area contributed by atoms with Crippen LogP contribution in [0.3, 0.4) is 0 Å². The van der Waals surface area contributed by atoms with Crippen LogP contribution in [0.15, 0.2) is 18.5 Å². The second-order valence-corrected chi connectivity index (χ2v) is 8.74. The van der Waals surface area contributed by atoms with Crippen molar-refractivity contribution in [2.45, 2.75) is 70.2 Å². The Morgan fingerprint density at radius 3 is 2.57 bits per heavy atom. The number of primary amides is 1. The fourth-order valence-corrected chi connectivity index (χ4v) is 4.46. The number of pyridine rings is 1. The molecule has 0 saturated carbocycles. The molecule has 0 spiro atoms. The highest BCUT2D eigenvalue weighted by Crippen LogP contribution is 2.39. The molecule has 8 heteroatoms. The van der Waals surface area contributed by atoms with E-state index in [0.29, 0.717) is 16.9 Å². The number of rotatable bonds is 3. The minimum Gasteiger partial charge on any atom is -0.444 e. The lowest BCUT2D eigenvalue weighted by Crippen LogP contribution is -2.51. The highest BCUT2D eigenvalue weighted by atomic mass is 16.6. The summed E-state index contributed by atoms with van der Waals surface area (Å²) in [6.45, 7) is 5.66. The van der Waals surface area contributed by atoms with Gasteiger partial charge in [-0.3, -0.25) is 4.79 Å². The largest absolute Gasteiger partial charge is 0.444 e. The van der Waals surface area contributed by atoms with Crippen molar-refractivity contribution < 1.29 is 14.3 Å². The van der Waals surface area contributed by atoms with Crippen molar-refractivity contribution in [2.24, 2.45) is 5.73 Å². The number of H-pyrrole nitrogens is 1. The molecule has 0 radical (unpaired) electrons. The molecule has 28 heavy (non-hydrogen) atoms. The number of nitrogens with zero attached hydrogens (tertiary/aromatic N) is 2. The van der Waals surface area contributed by atoms with Gasteiger partial charge in [0.2, 0.25) is 0 Å². The third-order valence-corrected chi connectivity index (χ3v) is 5.54. The molecule has 4 rings (SSSR count). The molecule has 4 heterocycles. The molecule has 4 N–H and O–H groups in total. The van der Waals surface area contributed by atoms with E-state index in [-0.39, 0.29) is 24.2 Å². The van der Waals surface area contributed by atoms with E-state index >= 15 is 0 Å². The van der Waals surface area contributed by atoms with Crippen molar-refractivity contribution in [1.29, 1.82) is 0 Å². The maximum absolute atomic E-state index is 12.6. The highest BCUT2D eigenvalue weighted by molar-refractivity contribution is 6.06. The predicted molar refractivity (Wildman–Crippen MR) is 106 cm³/mol. The third kappa shape index (κ3) is 3.39. The predicted octanol–water partition coefficient (Wildman–Crippen LogP) is 3.00. The van der Waals surface area contributed by atoms with Gasteiger partial charge < -0.3 is 25.7 Å². The molecule has 8 nitrogen and oxygen atoms in total. The quantitative estimate of drug-likeness (QED) is 0.752. The third-order valence-electron chi connectivity index (χ3n) is 5.54. The molecule has 3 atom stereocenters. The van der Waals surface area contributed by atoms with Crippen LogP contribution in [-0.4, -0.2) is 50.6 Å². The van der Waals surface area contributed by atoms with Crippen molar-refractivity contribution in [1.82, 2.24) is 14.9 Å². The zero-order valence-corrected chi connectivity index (χ0v) is 16.5. The Hall–Kier alpha value is -2.77. The lowest BCUT2D eigenvalue weighted by molar-refractivity contribution is 0.00683. The number of nitrogens with one attached hydrogen (secondary N) is 2. The van der Waals surface area contributed by atoms with Crippen LogP contribution in [0.1, 0.15) is 56.8 Å². The van der Waals surface area contributed by atoms with Gasteiger partial charge in [-0.2, -0.15) is 0 Å². The van der Waals surface area contributed by atoms with Crippen molar-refractivity contribution >= 4 is 28.7 Å². The fraction of sp³-hybridized carbons (Fsp3) is 0.550.